The van der Waals surface area contributed by atoms with Crippen LogP contribution in [0.4, 0.5) is 0 Å². The molecule has 0 fully saturated rings. The molecule has 0 amide bonds. The fourth-order valence-electron chi connectivity index (χ4n) is 1.59. The Kier molecular flexibility index (Phi) is 4.67. The van der Waals surface area contributed by atoms with Crippen LogP contribution in [0.25, 0.3) is 0 Å². The minimum Gasteiger partial charge on any atom is -0.508 e. The molecule has 2 atom stereocenters. The molecule has 0 aliphatic rings. The van der Waals surface area contributed by atoms with Crippen LogP contribution >= 0.6 is 0 Å². The maximum atomic E-state index is 11.2. The zero-order valence-corrected chi connectivity index (χ0v) is 9.83. The van der Waals surface area contributed by atoms with E-state index in [0.29, 0.717) is 0 Å². The van der Waals surface area contributed by atoms with Crippen LogP contribution in [0.15, 0.2) is 24.3 Å². The lowest BCUT2D eigenvalue weighted by Crippen LogP contribution is -2.41. The smallest absolute Gasteiger partial charge is 0.325 e. The molecule has 0 heterocycles. The molecule has 0 bridgehead atoms. The largest absolute Gasteiger partial charge is 0.508 e. The summed E-state index contributed by atoms with van der Waals surface area (Å²) >= 11 is 0. The summed E-state index contributed by atoms with van der Waals surface area (Å²) in [6.07, 6.45) is 0.243. The van der Waals surface area contributed by atoms with Gasteiger partial charge in [0, 0.05) is 5.56 Å². The zero-order chi connectivity index (χ0) is 13.7. The van der Waals surface area contributed by atoms with Gasteiger partial charge in [-0.25, -0.2) is 0 Å². The fourth-order valence-corrected chi connectivity index (χ4v) is 1.59. The maximum absolute atomic E-state index is 11.2. The molecule has 0 aromatic heterocycles. The Bertz CT molecular complexity index is 446. The number of aromatic hydroxyl groups is 1. The summed E-state index contributed by atoms with van der Waals surface area (Å²) in [5.41, 5.74) is 0.143. The molecular formula is C12H15NO5. The molecule has 0 saturated carbocycles. The highest BCUT2D eigenvalue weighted by molar-refractivity contribution is 5.79. The summed E-state index contributed by atoms with van der Waals surface area (Å²) in [7, 11) is 0. The second-order valence-electron chi connectivity index (χ2n) is 3.80. The monoisotopic (exact) mass is 253 g/mol. The lowest BCUT2D eigenvalue weighted by Gasteiger charge is -2.20. The van der Waals surface area contributed by atoms with Crippen LogP contribution in [0.5, 0.6) is 5.75 Å². The van der Waals surface area contributed by atoms with Gasteiger partial charge in [-0.3, -0.25) is 14.9 Å². The standard InChI is InChI=1S/C12H15NO5/c1-2-8(11(15)16)13-10(12(17)18)7-5-3-4-6-9(7)14/h3-6,8,10,13-14H,2H2,1H3,(H,15,16)(H,17,18). The van der Waals surface area contributed by atoms with Gasteiger partial charge in [-0.2, -0.15) is 0 Å². The van der Waals surface area contributed by atoms with Crippen LogP contribution in [0.1, 0.15) is 24.9 Å². The molecule has 4 N–H and O–H groups in total. The van der Waals surface area contributed by atoms with E-state index in [1.165, 1.54) is 12.1 Å². The van der Waals surface area contributed by atoms with Gasteiger partial charge in [-0.1, -0.05) is 25.1 Å². The Morgan fingerprint density at radius 2 is 1.83 bits per heavy atom. The molecule has 1 aromatic rings. The Morgan fingerprint density at radius 1 is 1.22 bits per heavy atom. The first-order chi connectivity index (χ1) is 8.47. The van der Waals surface area contributed by atoms with Gasteiger partial charge < -0.3 is 15.3 Å². The van der Waals surface area contributed by atoms with Gasteiger partial charge in [-0.05, 0) is 12.5 Å². The first kappa shape index (κ1) is 14.0. The second kappa shape index (κ2) is 6.02. The average molecular weight is 253 g/mol. The number of rotatable bonds is 6. The van der Waals surface area contributed by atoms with Crippen molar-refractivity contribution in [2.75, 3.05) is 0 Å². The molecule has 0 spiro atoms. The molecule has 6 heteroatoms. The predicted molar refractivity (Wildman–Crippen MR) is 63.3 cm³/mol. The van der Waals surface area contributed by atoms with Gasteiger partial charge in [0.2, 0.25) is 0 Å². The SMILES string of the molecule is CCC(NC(C(=O)O)c1ccccc1O)C(=O)O. The maximum Gasteiger partial charge on any atom is 0.325 e. The van der Waals surface area contributed by atoms with Crippen molar-refractivity contribution in [1.82, 2.24) is 5.32 Å². The Balaban J connectivity index is 3.01. The van der Waals surface area contributed by atoms with Crippen molar-refractivity contribution in [3.05, 3.63) is 29.8 Å². The summed E-state index contributed by atoms with van der Waals surface area (Å²) in [4.78, 5) is 22.0. The number of hydrogen-bond acceptors (Lipinski definition) is 4. The Labute approximate surface area is 104 Å². The Morgan fingerprint density at radius 3 is 2.28 bits per heavy atom. The quantitative estimate of drug-likeness (QED) is 0.602. The summed E-state index contributed by atoms with van der Waals surface area (Å²) in [6, 6.07) is 3.70. The van der Waals surface area contributed by atoms with E-state index < -0.39 is 24.0 Å². The van der Waals surface area contributed by atoms with E-state index in [0.717, 1.165) is 0 Å². The lowest BCUT2D eigenvalue weighted by atomic mass is 10.0. The van der Waals surface area contributed by atoms with Crippen LogP contribution in [0.2, 0.25) is 0 Å². The molecule has 1 rings (SSSR count). The summed E-state index contributed by atoms with van der Waals surface area (Å²) < 4.78 is 0. The number of aliphatic carboxylic acids is 2. The predicted octanol–water partition coefficient (Wildman–Crippen LogP) is 0.971. The van der Waals surface area contributed by atoms with E-state index in [-0.39, 0.29) is 17.7 Å². The number of carbonyl (C=O) groups is 2. The zero-order valence-electron chi connectivity index (χ0n) is 9.83. The minimum absolute atomic E-state index is 0.143. The van der Waals surface area contributed by atoms with Crippen LogP contribution in [-0.2, 0) is 9.59 Å². The number of para-hydroxylation sites is 1. The van der Waals surface area contributed by atoms with Crippen LogP contribution in [0, 0.1) is 0 Å². The molecule has 98 valence electrons. The minimum atomic E-state index is -1.26. The highest BCUT2D eigenvalue weighted by Crippen LogP contribution is 2.24. The third-order valence-corrected chi connectivity index (χ3v) is 2.57. The van der Waals surface area contributed by atoms with Crippen molar-refractivity contribution in [2.45, 2.75) is 25.4 Å². The molecule has 18 heavy (non-hydrogen) atoms. The third kappa shape index (κ3) is 3.21. The van der Waals surface area contributed by atoms with Crippen LogP contribution in [-0.4, -0.2) is 33.3 Å². The first-order valence-electron chi connectivity index (χ1n) is 5.47. The third-order valence-electron chi connectivity index (χ3n) is 2.57. The molecular weight excluding hydrogens is 238 g/mol. The summed E-state index contributed by atoms with van der Waals surface area (Å²) in [6.45, 7) is 1.63. The van der Waals surface area contributed by atoms with E-state index >= 15 is 0 Å². The van der Waals surface area contributed by atoms with E-state index in [1.54, 1.807) is 19.1 Å². The van der Waals surface area contributed by atoms with Gasteiger partial charge in [0.05, 0.1) is 0 Å². The number of phenols is 1. The van der Waals surface area contributed by atoms with Crippen molar-refractivity contribution in [2.24, 2.45) is 0 Å². The molecule has 0 saturated heterocycles. The molecule has 6 nitrogen and oxygen atoms in total. The summed E-state index contributed by atoms with van der Waals surface area (Å²) in [5.74, 6) is -2.55. The number of nitrogens with one attached hydrogen (secondary N) is 1. The molecule has 2 unspecified atom stereocenters. The van der Waals surface area contributed by atoms with Gasteiger partial charge in [0.1, 0.15) is 17.8 Å². The molecule has 1 aromatic carbocycles. The van der Waals surface area contributed by atoms with Crippen molar-refractivity contribution in [3.63, 3.8) is 0 Å². The number of carboxylic acid groups (broad SMARTS) is 2. The highest BCUT2D eigenvalue weighted by atomic mass is 16.4. The van der Waals surface area contributed by atoms with E-state index in [9.17, 15) is 14.7 Å². The normalized spacial score (nSPS) is 13.8. The van der Waals surface area contributed by atoms with E-state index in [1.807, 2.05) is 0 Å². The average Bonchev–Trinajstić information content (AvgIpc) is 2.31. The lowest BCUT2D eigenvalue weighted by molar-refractivity contribution is -0.142. The van der Waals surface area contributed by atoms with Gasteiger partial charge >= 0.3 is 11.9 Å². The van der Waals surface area contributed by atoms with Crippen molar-refractivity contribution in [3.8, 4) is 5.75 Å². The summed E-state index contributed by atoms with van der Waals surface area (Å²) in [5, 5.41) is 30.1. The van der Waals surface area contributed by atoms with E-state index in [4.69, 9.17) is 10.2 Å². The molecule has 0 radical (unpaired) electrons. The van der Waals surface area contributed by atoms with Gasteiger partial charge in [-0.15, -0.1) is 0 Å². The molecule has 0 aliphatic heterocycles. The number of hydrogen-bond donors (Lipinski definition) is 4. The van der Waals surface area contributed by atoms with Crippen LogP contribution < -0.4 is 5.32 Å². The molecule has 0 aliphatic carbocycles. The van der Waals surface area contributed by atoms with Crippen molar-refractivity contribution < 1.29 is 24.9 Å². The van der Waals surface area contributed by atoms with Gasteiger partial charge in [0.25, 0.3) is 0 Å². The van der Waals surface area contributed by atoms with Crippen LogP contribution in [0.3, 0.4) is 0 Å². The fraction of sp³-hybridized carbons (Fsp3) is 0.333. The Hall–Kier alpha value is -2.08. The van der Waals surface area contributed by atoms with Crippen molar-refractivity contribution in [1.29, 1.82) is 0 Å². The topological polar surface area (TPSA) is 107 Å². The van der Waals surface area contributed by atoms with E-state index in [2.05, 4.69) is 5.32 Å². The number of carboxylic acids is 2. The van der Waals surface area contributed by atoms with Crippen molar-refractivity contribution >= 4 is 11.9 Å². The highest BCUT2D eigenvalue weighted by Gasteiger charge is 2.27. The number of benzene rings is 1. The first-order valence-corrected chi connectivity index (χ1v) is 5.47. The second-order valence-corrected chi connectivity index (χ2v) is 3.80. The number of phenolic OH excluding ortho intramolecular Hbond substituents is 1. The van der Waals surface area contributed by atoms with Gasteiger partial charge in [0.15, 0.2) is 0 Å².